The average Bonchev–Trinajstić information content (AvgIpc) is 3.63. The summed E-state index contributed by atoms with van der Waals surface area (Å²) in [4.78, 5) is 0. The van der Waals surface area contributed by atoms with E-state index in [1.807, 2.05) is 0 Å². The van der Waals surface area contributed by atoms with Gasteiger partial charge in [0.2, 0.25) is 0 Å². The molecule has 8 aliphatic rings. The fourth-order valence-electron chi connectivity index (χ4n) is 10.6. The van der Waals surface area contributed by atoms with Crippen molar-refractivity contribution in [2.75, 3.05) is 0 Å². The average molecular weight is 487 g/mol. The molecule has 1 N–H and O–H groups in total. The van der Waals surface area contributed by atoms with Crippen LogP contribution in [0.2, 0.25) is 0 Å². The summed E-state index contributed by atoms with van der Waals surface area (Å²) in [6.07, 6.45) is 11.5. The van der Waals surface area contributed by atoms with E-state index in [4.69, 9.17) is 18.9 Å². The van der Waals surface area contributed by atoms with E-state index in [0.717, 1.165) is 44.4 Å². The zero-order chi connectivity index (χ0) is 24.4. The van der Waals surface area contributed by atoms with E-state index in [0.29, 0.717) is 53.5 Å². The number of rotatable bonds is 7. The van der Waals surface area contributed by atoms with Gasteiger partial charge in [-0.3, -0.25) is 0 Å². The monoisotopic (exact) mass is 486 g/mol. The normalized spacial score (nSPS) is 64.9. The number of hydrogen-bond donors (Lipinski definition) is 1. The van der Waals surface area contributed by atoms with Crippen LogP contribution in [0.25, 0.3) is 0 Å². The van der Waals surface area contributed by atoms with Gasteiger partial charge in [0.05, 0.1) is 46.8 Å². The lowest BCUT2D eigenvalue weighted by molar-refractivity contribution is -0.131. The van der Waals surface area contributed by atoms with Crippen molar-refractivity contribution in [3.63, 3.8) is 0 Å². The largest absolute Gasteiger partial charge is 0.390 e. The summed E-state index contributed by atoms with van der Waals surface area (Å²) in [6, 6.07) is 0. The van der Waals surface area contributed by atoms with Gasteiger partial charge >= 0.3 is 0 Å². The van der Waals surface area contributed by atoms with Crippen LogP contribution in [-0.4, -0.2) is 57.5 Å². The third-order valence-electron chi connectivity index (χ3n) is 13.6. The highest BCUT2D eigenvalue weighted by Gasteiger charge is 2.76. The Morgan fingerprint density at radius 2 is 1.74 bits per heavy atom. The molecule has 35 heavy (non-hydrogen) atoms. The van der Waals surface area contributed by atoms with Crippen molar-refractivity contribution in [1.29, 1.82) is 0 Å². The van der Waals surface area contributed by atoms with Crippen molar-refractivity contribution < 1.29 is 24.1 Å². The number of ether oxygens (including phenoxy) is 4. The van der Waals surface area contributed by atoms with Gasteiger partial charge in [-0.1, -0.05) is 13.8 Å². The van der Waals surface area contributed by atoms with Gasteiger partial charge in [-0.05, 0) is 108 Å². The molecule has 4 heterocycles. The maximum atomic E-state index is 12.0. The van der Waals surface area contributed by atoms with E-state index in [-0.39, 0.29) is 22.4 Å². The Balaban J connectivity index is 0.978. The quantitative estimate of drug-likeness (QED) is 0.512. The van der Waals surface area contributed by atoms with Crippen LogP contribution in [0.4, 0.5) is 0 Å². The van der Waals surface area contributed by atoms with E-state index in [1.54, 1.807) is 0 Å². The molecule has 4 aliphatic heterocycles. The predicted molar refractivity (Wildman–Crippen MR) is 131 cm³/mol. The van der Waals surface area contributed by atoms with E-state index in [9.17, 15) is 5.11 Å². The molecule has 15 atom stereocenters. The Morgan fingerprint density at radius 1 is 0.943 bits per heavy atom. The molecule has 0 spiro atoms. The van der Waals surface area contributed by atoms with E-state index >= 15 is 0 Å². The van der Waals surface area contributed by atoms with Gasteiger partial charge in [0.25, 0.3) is 0 Å². The molecule has 0 aromatic heterocycles. The highest BCUT2D eigenvalue weighted by molar-refractivity contribution is 5.24. The first-order valence-corrected chi connectivity index (χ1v) is 14.8. The molecule has 15 unspecified atom stereocenters. The van der Waals surface area contributed by atoms with E-state index in [1.165, 1.54) is 19.3 Å². The summed E-state index contributed by atoms with van der Waals surface area (Å²) >= 11 is 0. The number of hydrogen-bond acceptors (Lipinski definition) is 5. The number of fused-ring (bicyclic) bond motifs is 7. The van der Waals surface area contributed by atoms with Crippen LogP contribution < -0.4 is 0 Å². The SMILES string of the molecule is CC(CCC(C)(O)C1CCC2(C)OC2C1CC1(C)C2CC3OC3(C)C1C2)C12CC3OC3(C)CC1O2. The van der Waals surface area contributed by atoms with E-state index < -0.39 is 5.60 Å². The molecule has 4 saturated carbocycles. The maximum Gasteiger partial charge on any atom is 0.100 e. The first-order valence-electron chi connectivity index (χ1n) is 14.8. The highest BCUT2D eigenvalue weighted by Crippen LogP contribution is 2.73. The van der Waals surface area contributed by atoms with E-state index in [2.05, 4.69) is 41.5 Å². The minimum atomic E-state index is -0.662. The third kappa shape index (κ3) is 2.89. The van der Waals surface area contributed by atoms with Crippen LogP contribution >= 0.6 is 0 Å². The number of aliphatic hydroxyl groups is 1. The Morgan fingerprint density at radius 3 is 2.51 bits per heavy atom. The van der Waals surface area contributed by atoms with Gasteiger partial charge in [0, 0.05) is 12.8 Å². The second-order valence-electron chi connectivity index (χ2n) is 15.6. The van der Waals surface area contributed by atoms with Gasteiger partial charge in [-0.25, -0.2) is 0 Å². The first-order chi connectivity index (χ1) is 16.3. The van der Waals surface area contributed by atoms with Crippen LogP contribution in [0.3, 0.4) is 0 Å². The van der Waals surface area contributed by atoms with Crippen molar-refractivity contribution in [2.45, 2.75) is 152 Å². The smallest absolute Gasteiger partial charge is 0.100 e. The minimum absolute atomic E-state index is 0.00794. The summed E-state index contributed by atoms with van der Waals surface area (Å²) in [5.74, 6) is 2.69. The lowest BCUT2D eigenvalue weighted by atomic mass is 9.42. The van der Waals surface area contributed by atoms with Crippen LogP contribution in [0.1, 0.15) is 99.3 Å². The van der Waals surface area contributed by atoms with Gasteiger partial charge in [-0.2, -0.15) is 0 Å². The second-order valence-corrected chi connectivity index (χ2v) is 15.6. The summed E-state index contributed by atoms with van der Waals surface area (Å²) in [5, 5.41) is 12.0. The zero-order valence-electron chi connectivity index (χ0n) is 22.6. The molecular formula is C30H46O5. The standard InChI is InChI=1S/C30H46O5/c1-16(30-15-22-28(5,32-22)14-23(30)34-30)7-9-26(3,31)19-8-10-27(4)24(35-27)18(19)13-25(2)17-11-20(25)29(6)21(12-17)33-29/h16-24,31H,7-15H2,1-6H3. The predicted octanol–water partition coefficient (Wildman–Crippen LogP) is 5.02. The maximum absolute atomic E-state index is 12.0. The van der Waals surface area contributed by atoms with Crippen LogP contribution in [0, 0.1) is 35.0 Å². The Hall–Kier alpha value is -0.200. The molecule has 8 rings (SSSR count). The van der Waals surface area contributed by atoms with Crippen molar-refractivity contribution in [3.05, 3.63) is 0 Å². The molecule has 0 amide bonds. The Kier molecular flexibility index (Phi) is 4.11. The minimum Gasteiger partial charge on any atom is -0.390 e. The molecule has 0 aromatic rings. The summed E-state index contributed by atoms with van der Waals surface area (Å²) in [7, 11) is 0. The molecule has 4 saturated heterocycles. The lowest BCUT2D eigenvalue weighted by Crippen LogP contribution is -2.59. The summed E-state index contributed by atoms with van der Waals surface area (Å²) in [5.41, 5.74) is -0.0553. The fraction of sp³-hybridized carbons (Fsp3) is 1.00. The molecule has 8 fully saturated rings. The summed E-state index contributed by atoms with van der Waals surface area (Å²) < 4.78 is 24.9. The number of epoxide rings is 4. The molecule has 4 aliphatic carbocycles. The molecule has 5 heteroatoms. The Labute approximate surface area is 211 Å². The van der Waals surface area contributed by atoms with Gasteiger partial charge in [0.1, 0.15) is 5.60 Å². The fourth-order valence-corrected chi connectivity index (χ4v) is 10.6. The second kappa shape index (κ2) is 6.33. The first kappa shape index (κ1) is 22.8. The van der Waals surface area contributed by atoms with Crippen LogP contribution in [0.5, 0.6) is 0 Å². The molecule has 196 valence electrons. The van der Waals surface area contributed by atoms with Crippen molar-refractivity contribution in [3.8, 4) is 0 Å². The van der Waals surface area contributed by atoms with Gasteiger partial charge in [-0.15, -0.1) is 0 Å². The van der Waals surface area contributed by atoms with Crippen molar-refractivity contribution >= 4 is 0 Å². The highest BCUT2D eigenvalue weighted by atomic mass is 16.7. The third-order valence-corrected chi connectivity index (χ3v) is 13.6. The van der Waals surface area contributed by atoms with Crippen molar-refractivity contribution in [1.82, 2.24) is 0 Å². The summed E-state index contributed by atoms with van der Waals surface area (Å²) in [6.45, 7) is 13.9. The molecule has 2 bridgehead atoms. The van der Waals surface area contributed by atoms with Gasteiger partial charge < -0.3 is 24.1 Å². The molecule has 5 nitrogen and oxygen atoms in total. The zero-order valence-corrected chi connectivity index (χ0v) is 22.6. The molecule has 0 radical (unpaired) electrons. The van der Waals surface area contributed by atoms with Gasteiger partial charge in [0.15, 0.2) is 0 Å². The molecular weight excluding hydrogens is 440 g/mol. The molecule has 0 aromatic carbocycles. The lowest BCUT2D eigenvalue weighted by Gasteiger charge is -2.61. The van der Waals surface area contributed by atoms with Crippen LogP contribution in [-0.2, 0) is 18.9 Å². The Bertz CT molecular complexity index is 966. The topological polar surface area (TPSA) is 70.3 Å². The van der Waals surface area contributed by atoms with Crippen molar-refractivity contribution in [2.24, 2.45) is 35.0 Å². The van der Waals surface area contributed by atoms with Crippen LogP contribution in [0.15, 0.2) is 0 Å².